The summed E-state index contributed by atoms with van der Waals surface area (Å²) in [6, 6.07) is 8.14. The lowest BCUT2D eigenvalue weighted by molar-refractivity contribution is -0.131. The van der Waals surface area contributed by atoms with Gasteiger partial charge in [-0.25, -0.2) is 0 Å². The number of rotatable bonds is 6. The van der Waals surface area contributed by atoms with Crippen molar-refractivity contribution in [1.29, 1.82) is 0 Å². The minimum atomic E-state index is 0. The molecule has 0 saturated heterocycles. The van der Waals surface area contributed by atoms with E-state index in [1.165, 1.54) is 5.56 Å². The Morgan fingerprint density at radius 1 is 1.41 bits per heavy atom. The van der Waals surface area contributed by atoms with Crippen LogP contribution in [0.4, 0.5) is 0 Å². The van der Waals surface area contributed by atoms with Crippen molar-refractivity contribution in [2.24, 2.45) is 11.7 Å². The molecule has 22 heavy (non-hydrogen) atoms. The summed E-state index contributed by atoms with van der Waals surface area (Å²) in [7, 11) is 1.84. The van der Waals surface area contributed by atoms with Gasteiger partial charge in [-0.2, -0.15) is 0 Å². The highest BCUT2D eigenvalue weighted by Gasteiger charge is 2.27. The number of likely N-dealkylation sites (N-methyl/N-ethyl adjacent to an activating group) is 1. The fourth-order valence-corrected chi connectivity index (χ4v) is 2.83. The maximum absolute atomic E-state index is 12.2. The highest BCUT2D eigenvalue weighted by molar-refractivity contribution is 5.85. The summed E-state index contributed by atoms with van der Waals surface area (Å²) in [5, 5.41) is 0. The molecule has 1 aliphatic carbocycles. The van der Waals surface area contributed by atoms with Gasteiger partial charge in [0.1, 0.15) is 12.4 Å². The first-order valence-electron chi connectivity index (χ1n) is 7.75. The van der Waals surface area contributed by atoms with E-state index in [2.05, 4.69) is 0 Å². The van der Waals surface area contributed by atoms with Crippen LogP contribution in [0.1, 0.15) is 31.2 Å². The Bertz CT molecular complexity index is 481. The van der Waals surface area contributed by atoms with Gasteiger partial charge in [-0.05, 0) is 43.4 Å². The first kappa shape index (κ1) is 18.8. The van der Waals surface area contributed by atoms with E-state index in [4.69, 9.17) is 10.5 Å². The Labute approximate surface area is 139 Å². The van der Waals surface area contributed by atoms with Gasteiger partial charge in [-0.1, -0.05) is 18.6 Å². The van der Waals surface area contributed by atoms with E-state index in [9.17, 15) is 4.79 Å². The van der Waals surface area contributed by atoms with Gasteiger partial charge in [-0.3, -0.25) is 4.79 Å². The third-order valence-corrected chi connectivity index (χ3v) is 4.27. The van der Waals surface area contributed by atoms with Crippen LogP contribution in [0.25, 0.3) is 0 Å². The van der Waals surface area contributed by atoms with Gasteiger partial charge in [0.25, 0.3) is 0 Å². The van der Waals surface area contributed by atoms with E-state index in [0.717, 1.165) is 25.0 Å². The summed E-state index contributed by atoms with van der Waals surface area (Å²) in [6.07, 6.45) is 3.86. The van der Waals surface area contributed by atoms with E-state index >= 15 is 0 Å². The molecule has 0 aliphatic heterocycles. The number of hydrogen-bond acceptors (Lipinski definition) is 3. The molecule has 2 rings (SSSR count). The van der Waals surface area contributed by atoms with E-state index < -0.39 is 0 Å². The van der Waals surface area contributed by atoms with Crippen LogP contribution >= 0.6 is 12.4 Å². The highest BCUT2D eigenvalue weighted by atomic mass is 35.5. The van der Waals surface area contributed by atoms with Crippen LogP contribution in [-0.4, -0.2) is 37.0 Å². The van der Waals surface area contributed by atoms with Gasteiger partial charge in [-0.15, -0.1) is 12.4 Å². The molecule has 0 unspecified atom stereocenters. The van der Waals surface area contributed by atoms with E-state index in [1.807, 2.05) is 38.2 Å². The van der Waals surface area contributed by atoms with Gasteiger partial charge < -0.3 is 15.4 Å². The largest absolute Gasteiger partial charge is 0.492 e. The number of carbonyl (C=O) groups is 1. The molecule has 2 N–H and O–H groups in total. The average molecular weight is 327 g/mol. The normalized spacial score (nSPS) is 20.3. The zero-order chi connectivity index (χ0) is 15.2. The molecular formula is C17H27ClN2O2. The molecule has 1 fully saturated rings. The molecule has 0 radical (unpaired) electrons. The molecule has 0 spiro atoms. The van der Waals surface area contributed by atoms with Gasteiger partial charge in [0, 0.05) is 19.5 Å². The average Bonchev–Trinajstić information content (AvgIpc) is 2.84. The molecule has 1 aromatic rings. The Balaban J connectivity index is 0.00000242. The zero-order valence-electron chi connectivity index (χ0n) is 13.5. The fraction of sp³-hybridized carbons (Fsp3) is 0.588. The molecular weight excluding hydrogens is 300 g/mol. The molecule has 1 aromatic carbocycles. The number of halogens is 1. The topological polar surface area (TPSA) is 55.6 Å². The number of hydrogen-bond donors (Lipinski definition) is 1. The maximum Gasteiger partial charge on any atom is 0.222 e. The first-order chi connectivity index (χ1) is 10.1. The van der Waals surface area contributed by atoms with Crippen LogP contribution in [0.15, 0.2) is 24.3 Å². The van der Waals surface area contributed by atoms with Crippen molar-refractivity contribution in [3.63, 3.8) is 0 Å². The van der Waals surface area contributed by atoms with Crippen molar-refractivity contribution >= 4 is 18.3 Å². The molecule has 0 heterocycles. The van der Waals surface area contributed by atoms with E-state index in [0.29, 0.717) is 25.5 Å². The SMILES string of the molecule is Cc1cccc(OCCN(C)C(=O)C[C@@H]2CCC[C@H]2N)c1.Cl. The van der Waals surface area contributed by atoms with Crippen molar-refractivity contribution in [3.8, 4) is 5.75 Å². The number of aryl methyl sites for hydroxylation is 1. The standard InChI is InChI=1S/C17H26N2O2.ClH/c1-13-5-3-7-15(11-13)21-10-9-19(2)17(20)12-14-6-4-8-16(14)18;/h3,5,7,11,14,16H,4,6,8-10,12,18H2,1-2H3;1H/t14-,16+;/m0./s1. The fourth-order valence-electron chi connectivity index (χ4n) is 2.83. The molecule has 0 bridgehead atoms. The predicted molar refractivity (Wildman–Crippen MR) is 91.5 cm³/mol. The third-order valence-electron chi connectivity index (χ3n) is 4.27. The quantitative estimate of drug-likeness (QED) is 0.874. The minimum absolute atomic E-state index is 0. The zero-order valence-corrected chi connectivity index (χ0v) is 14.3. The van der Waals surface area contributed by atoms with Crippen molar-refractivity contribution in [2.75, 3.05) is 20.2 Å². The number of nitrogens with two attached hydrogens (primary N) is 1. The van der Waals surface area contributed by atoms with Crippen molar-refractivity contribution in [1.82, 2.24) is 4.90 Å². The van der Waals surface area contributed by atoms with Crippen molar-refractivity contribution in [3.05, 3.63) is 29.8 Å². The Hall–Kier alpha value is -1.26. The summed E-state index contributed by atoms with van der Waals surface area (Å²) < 4.78 is 5.68. The van der Waals surface area contributed by atoms with Crippen LogP contribution in [0.5, 0.6) is 5.75 Å². The van der Waals surface area contributed by atoms with Gasteiger partial charge >= 0.3 is 0 Å². The third kappa shape index (κ3) is 5.50. The number of carbonyl (C=O) groups excluding carboxylic acids is 1. The monoisotopic (exact) mass is 326 g/mol. The van der Waals surface area contributed by atoms with Gasteiger partial charge in [0.2, 0.25) is 5.91 Å². The lowest BCUT2D eigenvalue weighted by atomic mass is 9.99. The molecule has 5 heteroatoms. The Morgan fingerprint density at radius 2 is 2.18 bits per heavy atom. The summed E-state index contributed by atoms with van der Waals surface area (Å²) >= 11 is 0. The minimum Gasteiger partial charge on any atom is -0.492 e. The molecule has 1 aliphatic rings. The first-order valence-corrected chi connectivity index (χ1v) is 7.75. The number of amides is 1. The second-order valence-corrected chi connectivity index (χ2v) is 6.04. The van der Waals surface area contributed by atoms with Gasteiger partial charge in [0.05, 0.1) is 6.54 Å². The smallest absolute Gasteiger partial charge is 0.222 e. The van der Waals surface area contributed by atoms with E-state index in [-0.39, 0.29) is 24.4 Å². The summed E-state index contributed by atoms with van der Waals surface area (Å²) in [6.45, 7) is 3.16. The predicted octanol–water partition coefficient (Wildman–Crippen LogP) is 2.77. The number of benzene rings is 1. The highest BCUT2D eigenvalue weighted by Crippen LogP contribution is 2.27. The lowest BCUT2D eigenvalue weighted by Gasteiger charge is -2.21. The maximum atomic E-state index is 12.2. The molecule has 0 aromatic heterocycles. The molecule has 1 amide bonds. The molecule has 4 nitrogen and oxygen atoms in total. The van der Waals surface area contributed by atoms with Crippen molar-refractivity contribution < 1.29 is 9.53 Å². The Kier molecular flexibility index (Phi) is 7.69. The Morgan fingerprint density at radius 3 is 2.82 bits per heavy atom. The lowest BCUT2D eigenvalue weighted by Crippen LogP contribution is -2.35. The van der Waals surface area contributed by atoms with Crippen LogP contribution in [0, 0.1) is 12.8 Å². The van der Waals surface area contributed by atoms with Crippen LogP contribution in [-0.2, 0) is 4.79 Å². The number of nitrogens with zero attached hydrogens (tertiary/aromatic N) is 1. The van der Waals surface area contributed by atoms with Crippen LogP contribution in [0.3, 0.4) is 0 Å². The van der Waals surface area contributed by atoms with E-state index in [1.54, 1.807) is 4.90 Å². The van der Waals surface area contributed by atoms with Gasteiger partial charge in [0.15, 0.2) is 0 Å². The second-order valence-electron chi connectivity index (χ2n) is 6.04. The molecule has 2 atom stereocenters. The second kappa shape index (κ2) is 9.01. The van der Waals surface area contributed by atoms with Crippen LogP contribution < -0.4 is 10.5 Å². The summed E-state index contributed by atoms with van der Waals surface area (Å²) in [4.78, 5) is 13.9. The number of ether oxygens (including phenoxy) is 1. The van der Waals surface area contributed by atoms with Crippen molar-refractivity contribution in [2.45, 2.75) is 38.6 Å². The summed E-state index contributed by atoms with van der Waals surface area (Å²) in [5.41, 5.74) is 7.20. The summed E-state index contributed by atoms with van der Waals surface area (Å²) in [5.74, 6) is 1.39. The molecule has 124 valence electrons. The molecule has 1 saturated carbocycles. The van der Waals surface area contributed by atoms with Crippen LogP contribution in [0.2, 0.25) is 0 Å².